The number of amides is 1. The summed E-state index contributed by atoms with van der Waals surface area (Å²) >= 11 is 0. The summed E-state index contributed by atoms with van der Waals surface area (Å²) in [5.74, 6) is 0.504. The summed E-state index contributed by atoms with van der Waals surface area (Å²) in [7, 11) is 0. The number of carbonyl (C=O) groups is 1. The Balaban J connectivity index is 1.73. The third kappa shape index (κ3) is 4.07. The average Bonchev–Trinajstić information content (AvgIpc) is 3.20. The van der Waals surface area contributed by atoms with Gasteiger partial charge in [-0.05, 0) is 50.6 Å². The minimum atomic E-state index is -0.288. The van der Waals surface area contributed by atoms with Gasteiger partial charge in [0.25, 0.3) is 5.91 Å². The summed E-state index contributed by atoms with van der Waals surface area (Å²) in [5.41, 5.74) is 4.58. The van der Waals surface area contributed by atoms with Crippen LogP contribution in [0.2, 0.25) is 0 Å². The van der Waals surface area contributed by atoms with E-state index in [9.17, 15) is 4.79 Å². The number of nitrogens with zero attached hydrogens (tertiary/aromatic N) is 6. The lowest BCUT2D eigenvalue weighted by atomic mass is 10.0. The van der Waals surface area contributed by atoms with Crippen molar-refractivity contribution in [1.82, 2.24) is 35.0 Å². The number of hydrogen-bond acceptors (Lipinski definition) is 6. The third-order valence-corrected chi connectivity index (χ3v) is 4.72. The number of pyridine rings is 1. The van der Waals surface area contributed by atoms with Gasteiger partial charge in [0.05, 0.1) is 29.3 Å². The molecule has 1 amide bonds. The Morgan fingerprint density at radius 3 is 2.57 bits per heavy atom. The lowest BCUT2D eigenvalue weighted by Crippen LogP contribution is -2.27. The SMILES string of the molecule is Cc1ccc(-c2cc(C(=O)NC(C)c3cnccn3)cc(-n3ncnc3C)c2)nc1. The molecular formula is C22H21N7O. The smallest absolute Gasteiger partial charge is 0.251 e. The molecule has 1 unspecified atom stereocenters. The molecule has 8 nitrogen and oxygen atoms in total. The van der Waals surface area contributed by atoms with Gasteiger partial charge in [-0.15, -0.1) is 0 Å². The van der Waals surface area contributed by atoms with Crippen LogP contribution >= 0.6 is 0 Å². The maximum Gasteiger partial charge on any atom is 0.251 e. The van der Waals surface area contributed by atoms with Crippen LogP contribution in [0, 0.1) is 13.8 Å². The zero-order valence-electron chi connectivity index (χ0n) is 16.9. The summed E-state index contributed by atoms with van der Waals surface area (Å²) in [4.78, 5) is 30.1. The Morgan fingerprint density at radius 1 is 1.03 bits per heavy atom. The molecule has 0 fully saturated rings. The molecule has 1 aromatic carbocycles. The van der Waals surface area contributed by atoms with Gasteiger partial charge in [-0.25, -0.2) is 9.67 Å². The molecule has 30 heavy (non-hydrogen) atoms. The second-order valence-corrected chi connectivity index (χ2v) is 7.03. The molecule has 0 aliphatic carbocycles. The minimum absolute atomic E-state index is 0.221. The lowest BCUT2D eigenvalue weighted by Gasteiger charge is -2.15. The van der Waals surface area contributed by atoms with E-state index in [-0.39, 0.29) is 11.9 Å². The summed E-state index contributed by atoms with van der Waals surface area (Å²) < 4.78 is 1.70. The zero-order chi connectivity index (χ0) is 21.1. The fourth-order valence-corrected chi connectivity index (χ4v) is 3.09. The van der Waals surface area contributed by atoms with E-state index < -0.39 is 0 Å². The molecule has 3 heterocycles. The first kappa shape index (κ1) is 19.4. The molecule has 0 radical (unpaired) electrons. The van der Waals surface area contributed by atoms with Crippen molar-refractivity contribution in [2.24, 2.45) is 0 Å². The third-order valence-electron chi connectivity index (χ3n) is 4.72. The van der Waals surface area contributed by atoms with Gasteiger partial charge in [-0.3, -0.25) is 19.7 Å². The van der Waals surface area contributed by atoms with E-state index in [0.29, 0.717) is 11.3 Å². The van der Waals surface area contributed by atoms with E-state index in [1.807, 2.05) is 45.0 Å². The van der Waals surface area contributed by atoms with Gasteiger partial charge in [0.15, 0.2) is 0 Å². The van der Waals surface area contributed by atoms with E-state index in [1.54, 1.807) is 35.5 Å². The molecule has 1 N–H and O–H groups in total. The van der Waals surface area contributed by atoms with Crippen molar-refractivity contribution >= 4 is 5.91 Å². The van der Waals surface area contributed by atoms with Gasteiger partial charge in [0.2, 0.25) is 0 Å². The van der Waals surface area contributed by atoms with Crippen molar-refractivity contribution in [3.63, 3.8) is 0 Å². The highest BCUT2D eigenvalue weighted by atomic mass is 16.1. The first-order valence-corrected chi connectivity index (χ1v) is 9.53. The monoisotopic (exact) mass is 399 g/mol. The van der Waals surface area contributed by atoms with Gasteiger partial charge < -0.3 is 5.32 Å². The van der Waals surface area contributed by atoms with E-state index in [1.165, 1.54) is 6.33 Å². The van der Waals surface area contributed by atoms with Gasteiger partial charge in [0.1, 0.15) is 12.2 Å². The van der Waals surface area contributed by atoms with Crippen LogP contribution in [0.1, 0.15) is 40.4 Å². The summed E-state index contributed by atoms with van der Waals surface area (Å²) in [6, 6.07) is 9.20. The molecule has 4 aromatic rings. The molecule has 0 aliphatic rings. The number of carbonyl (C=O) groups excluding carboxylic acids is 1. The van der Waals surface area contributed by atoms with Crippen molar-refractivity contribution < 1.29 is 4.79 Å². The fourth-order valence-electron chi connectivity index (χ4n) is 3.09. The lowest BCUT2D eigenvalue weighted by molar-refractivity contribution is 0.0939. The number of nitrogens with one attached hydrogen (secondary N) is 1. The molecule has 0 spiro atoms. The molecule has 1 atom stereocenters. The number of aryl methyl sites for hydroxylation is 2. The second kappa shape index (κ2) is 8.20. The van der Waals surface area contributed by atoms with Crippen molar-refractivity contribution in [3.8, 4) is 16.9 Å². The largest absolute Gasteiger partial charge is 0.344 e. The van der Waals surface area contributed by atoms with Gasteiger partial charge in [-0.2, -0.15) is 5.10 Å². The van der Waals surface area contributed by atoms with Gasteiger partial charge in [0, 0.05) is 29.7 Å². The van der Waals surface area contributed by atoms with E-state index in [2.05, 4.69) is 30.4 Å². The standard InChI is InChI=1S/C22H21N7O/c1-14-4-5-20(25-11-14)17-8-18(10-19(9-17)29-16(3)26-13-27-29)22(30)28-15(2)21-12-23-6-7-24-21/h4-13,15H,1-3H3,(H,28,30). The van der Waals surface area contributed by atoms with Crippen LogP contribution in [-0.2, 0) is 0 Å². The highest BCUT2D eigenvalue weighted by molar-refractivity contribution is 5.96. The Bertz CT molecular complexity index is 1170. The predicted molar refractivity (Wildman–Crippen MR) is 112 cm³/mol. The highest BCUT2D eigenvalue weighted by Crippen LogP contribution is 2.24. The first-order valence-electron chi connectivity index (χ1n) is 9.53. The molecule has 0 saturated carbocycles. The average molecular weight is 399 g/mol. The van der Waals surface area contributed by atoms with Crippen LogP contribution in [0.15, 0.2) is 61.4 Å². The second-order valence-electron chi connectivity index (χ2n) is 7.03. The zero-order valence-corrected chi connectivity index (χ0v) is 16.9. The van der Waals surface area contributed by atoms with Crippen LogP contribution in [0.25, 0.3) is 16.9 Å². The summed E-state index contributed by atoms with van der Waals surface area (Å²) in [5, 5.41) is 7.26. The number of aromatic nitrogens is 6. The Labute approximate surface area is 174 Å². The molecular weight excluding hydrogens is 378 g/mol. The van der Waals surface area contributed by atoms with Crippen LogP contribution < -0.4 is 5.32 Å². The normalized spacial score (nSPS) is 11.8. The summed E-state index contributed by atoms with van der Waals surface area (Å²) in [6.07, 6.45) is 8.14. The Hall–Kier alpha value is -3.94. The molecule has 0 aliphatic heterocycles. The Morgan fingerprint density at radius 2 is 1.90 bits per heavy atom. The molecule has 0 saturated heterocycles. The molecule has 150 valence electrons. The van der Waals surface area contributed by atoms with E-state index in [0.717, 1.165) is 28.3 Å². The van der Waals surface area contributed by atoms with Crippen molar-refractivity contribution in [2.75, 3.05) is 0 Å². The van der Waals surface area contributed by atoms with Crippen LogP contribution in [-0.4, -0.2) is 35.6 Å². The maximum absolute atomic E-state index is 13.0. The van der Waals surface area contributed by atoms with Crippen LogP contribution in [0.5, 0.6) is 0 Å². The van der Waals surface area contributed by atoms with Crippen molar-refractivity contribution in [2.45, 2.75) is 26.8 Å². The highest BCUT2D eigenvalue weighted by Gasteiger charge is 2.16. The van der Waals surface area contributed by atoms with Gasteiger partial charge >= 0.3 is 0 Å². The topological polar surface area (TPSA) is 98.5 Å². The number of hydrogen-bond donors (Lipinski definition) is 1. The predicted octanol–water partition coefficient (Wildman–Crippen LogP) is 3.23. The first-order chi connectivity index (χ1) is 14.5. The summed E-state index contributed by atoms with van der Waals surface area (Å²) in [6.45, 7) is 5.72. The van der Waals surface area contributed by atoms with Gasteiger partial charge in [-0.1, -0.05) is 6.07 Å². The molecule has 0 bridgehead atoms. The van der Waals surface area contributed by atoms with E-state index in [4.69, 9.17) is 0 Å². The van der Waals surface area contributed by atoms with Crippen LogP contribution in [0.4, 0.5) is 0 Å². The van der Waals surface area contributed by atoms with Crippen molar-refractivity contribution in [1.29, 1.82) is 0 Å². The Kier molecular flexibility index (Phi) is 5.30. The quantitative estimate of drug-likeness (QED) is 0.553. The number of rotatable bonds is 5. The van der Waals surface area contributed by atoms with Crippen LogP contribution in [0.3, 0.4) is 0 Å². The molecule has 4 rings (SSSR count). The fraction of sp³-hybridized carbons (Fsp3) is 0.182. The van der Waals surface area contributed by atoms with E-state index >= 15 is 0 Å². The maximum atomic E-state index is 13.0. The minimum Gasteiger partial charge on any atom is -0.344 e. The molecule has 3 aromatic heterocycles. The van der Waals surface area contributed by atoms with Crippen molar-refractivity contribution in [3.05, 3.63) is 84.1 Å². The number of benzene rings is 1. The molecule has 8 heteroatoms.